The molecule has 0 radical (unpaired) electrons. The molecule has 0 aliphatic carbocycles. The molecule has 21 heavy (non-hydrogen) atoms. The summed E-state index contributed by atoms with van der Waals surface area (Å²) in [6.07, 6.45) is 2.26. The molecule has 3 N–H and O–H groups in total. The number of carboxylic acid groups (broad SMARTS) is 3. The van der Waals surface area contributed by atoms with E-state index in [9.17, 15) is 29.7 Å². The second-order valence-corrected chi connectivity index (χ2v) is 4.73. The largest absolute Gasteiger partial charge is 0.478 e. The van der Waals surface area contributed by atoms with Crippen molar-refractivity contribution in [1.82, 2.24) is 0 Å². The van der Waals surface area contributed by atoms with Crippen LogP contribution in [0.1, 0.15) is 68.9 Å². The van der Waals surface area contributed by atoms with E-state index < -0.39 is 34.6 Å². The van der Waals surface area contributed by atoms with E-state index in [0.29, 0.717) is 36.8 Å². The molecule has 114 valence electrons. The van der Waals surface area contributed by atoms with Crippen molar-refractivity contribution in [1.29, 1.82) is 0 Å². The Morgan fingerprint density at radius 1 is 0.857 bits per heavy atom. The Kier molecular flexibility index (Phi) is 5.46. The van der Waals surface area contributed by atoms with Gasteiger partial charge < -0.3 is 15.3 Å². The molecule has 0 aromatic heterocycles. The average Bonchev–Trinajstić information content (AvgIpc) is 2.39. The smallest absolute Gasteiger partial charge is 0.337 e. The van der Waals surface area contributed by atoms with Crippen LogP contribution in [0.5, 0.6) is 0 Å². The summed E-state index contributed by atoms with van der Waals surface area (Å²) < 4.78 is 0. The number of hydrogen-bond acceptors (Lipinski definition) is 3. The molecule has 0 atom stereocenters. The van der Waals surface area contributed by atoms with Crippen LogP contribution in [0.3, 0.4) is 0 Å². The summed E-state index contributed by atoms with van der Waals surface area (Å²) in [5, 5.41) is 27.8. The van der Waals surface area contributed by atoms with E-state index in [0.717, 1.165) is 0 Å². The number of carbonyl (C=O) groups is 3. The molecular weight excluding hydrogens is 276 g/mol. The van der Waals surface area contributed by atoms with Crippen LogP contribution in [0.15, 0.2) is 6.07 Å². The van der Waals surface area contributed by atoms with Gasteiger partial charge in [0.2, 0.25) is 0 Å². The summed E-state index contributed by atoms with van der Waals surface area (Å²) in [7, 11) is 0. The van der Waals surface area contributed by atoms with Crippen molar-refractivity contribution >= 4 is 17.9 Å². The molecule has 1 rings (SSSR count). The first-order valence-corrected chi connectivity index (χ1v) is 6.73. The van der Waals surface area contributed by atoms with Crippen LogP contribution in [0, 0.1) is 0 Å². The molecule has 0 saturated heterocycles. The van der Waals surface area contributed by atoms with Gasteiger partial charge in [0.05, 0.1) is 16.7 Å². The van der Waals surface area contributed by atoms with Crippen LogP contribution in [0.2, 0.25) is 0 Å². The summed E-state index contributed by atoms with van der Waals surface area (Å²) in [6, 6.07) is 1.30. The Balaban J connectivity index is 3.83. The molecule has 0 fully saturated rings. The first-order valence-electron chi connectivity index (χ1n) is 6.73. The number of aryl methyl sites for hydroxylation is 1. The van der Waals surface area contributed by atoms with Gasteiger partial charge in [0.15, 0.2) is 0 Å². The van der Waals surface area contributed by atoms with Crippen molar-refractivity contribution in [2.45, 2.75) is 39.5 Å². The van der Waals surface area contributed by atoms with Gasteiger partial charge in [-0.15, -0.1) is 0 Å². The lowest BCUT2D eigenvalue weighted by Crippen LogP contribution is -2.19. The van der Waals surface area contributed by atoms with Crippen LogP contribution in [0.25, 0.3) is 0 Å². The lowest BCUT2D eigenvalue weighted by Gasteiger charge is -2.16. The minimum absolute atomic E-state index is 0.396. The first-order chi connectivity index (χ1) is 9.84. The van der Waals surface area contributed by atoms with Gasteiger partial charge in [-0.1, -0.05) is 26.7 Å². The Bertz CT molecular complexity index is 588. The molecule has 0 spiro atoms. The van der Waals surface area contributed by atoms with E-state index in [1.165, 1.54) is 6.07 Å². The Morgan fingerprint density at radius 3 is 1.76 bits per heavy atom. The summed E-state index contributed by atoms with van der Waals surface area (Å²) >= 11 is 0. The van der Waals surface area contributed by atoms with Gasteiger partial charge in [-0.05, 0) is 30.0 Å². The number of hydrogen-bond donors (Lipinski definition) is 3. The van der Waals surface area contributed by atoms with Crippen molar-refractivity contribution in [3.63, 3.8) is 0 Å². The monoisotopic (exact) mass is 294 g/mol. The summed E-state index contributed by atoms with van der Waals surface area (Å²) in [5.41, 5.74) is -0.484. The van der Waals surface area contributed by atoms with Gasteiger partial charge in [-0.2, -0.15) is 0 Å². The van der Waals surface area contributed by atoms with Crippen molar-refractivity contribution in [3.05, 3.63) is 33.9 Å². The number of aromatic carboxylic acids is 3. The third kappa shape index (κ3) is 3.39. The Morgan fingerprint density at radius 2 is 1.38 bits per heavy atom. The lowest BCUT2D eigenvalue weighted by atomic mass is 9.87. The molecule has 6 nitrogen and oxygen atoms in total. The van der Waals surface area contributed by atoms with Gasteiger partial charge in [0.1, 0.15) is 0 Å². The van der Waals surface area contributed by atoms with Crippen LogP contribution >= 0.6 is 0 Å². The molecule has 0 saturated carbocycles. The van der Waals surface area contributed by atoms with Crippen LogP contribution < -0.4 is 0 Å². The van der Waals surface area contributed by atoms with Gasteiger partial charge in [0.25, 0.3) is 0 Å². The topological polar surface area (TPSA) is 112 Å². The third-order valence-corrected chi connectivity index (χ3v) is 3.20. The molecule has 1 aromatic rings. The second kappa shape index (κ2) is 6.88. The molecule has 0 aliphatic heterocycles. The number of rotatable bonds is 7. The molecule has 0 heterocycles. The lowest BCUT2D eigenvalue weighted by molar-refractivity contribution is 0.0632. The fourth-order valence-corrected chi connectivity index (χ4v) is 2.43. The van der Waals surface area contributed by atoms with Gasteiger partial charge in [-0.3, -0.25) is 0 Å². The first kappa shape index (κ1) is 16.7. The Labute approximate surface area is 122 Å². The van der Waals surface area contributed by atoms with Crippen LogP contribution in [-0.2, 0) is 12.8 Å². The predicted molar refractivity (Wildman–Crippen MR) is 75.3 cm³/mol. The van der Waals surface area contributed by atoms with Crippen molar-refractivity contribution in [3.8, 4) is 0 Å². The molecule has 0 bridgehead atoms. The van der Waals surface area contributed by atoms with E-state index in [1.807, 2.05) is 13.8 Å². The molecule has 6 heteroatoms. The summed E-state index contributed by atoms with van der Waals surface area (Å²) in [5.74, 6) is -4.38. The summed E-state index contributed by atoms with van der Waals surface area (Å²) in [6.45, 7) is 3.74. The highest BCUT2D eigenvalue weighted by Crippen LogP contribution is 2.27. The minimum Gasteiger partial charge on any atom is -0.478 e. The maximum atomic E-state index is 11.5. The fraction of sp³-hybridized carbons (Fsp3) is 0.400. The molecule has 1 aromatic carbocycles. The van der Waals surface area contributed by atoms with E-state index in [1.54, 1.807) is 0 Å². The van der Waals surface area contributed by atoms with E-state index in [-0.39, 0.29) is 0 Å². The zero-order chi connectivity index (χ0) is 16.2. The predicted octanol–water partition coefficient (Wildman–Crippen LogP) is 2.69. The second-order valence-electron chi connectivity index (χ2n) is 4.73. The number of carboxylic acids is 3. The average molecular weight is 294 g/mol. The Hall–Kier alpha value is -2.37. The minimum atomic E-state index is -1.54. The quantitative estimate of drug-likeness (QED) is 0.712. The highest BCUT2D eigenvalue weighted by molar-refractivity contribution is 6.10. The summed E-state index contributed by atoms with van der Waals surface area (Å²) in [4.78, 5) is 34.1. The normalized spacial score (nSPS) is 10.4. The van der Waals surface area contributed by atoms with E-state index >= 15 is 0 Å². The maximum Gasteiger partial charge on any atom is 0.337 e. The van der Waals surface area contributed by atoms with Gasteiger partial charge >= 0.3 is 17.9 Å². The number of benzene rings is 1. The van der Waals surface area contributed by atoms with Crippen LogP contribution in [0.4, 0.5) is 0 Å². The standard InChI is InChI=1S/C15H18O6/c1-3-5-8-7-10(13(16)17)12(15(20)21)11(14(18)19)9(8)6-4-2/h7H,3-6H2,1-2H3,(H,16,17)(H,18,19)(H,20,21). The molecular formula is C15H18O6. The third-order valence-electron chi connectivity index (χ3n) is 3.20. The fourth-order valence-electron chi connectivity index (χ4n) is 2.43. The molecule has 0 amide bonds. The molecule has 0 unspecified atom stereocenters. The highest BCUT2D eigenvalue weighted by atomic mass is 16.4. The van der Waals surface area contributed by atoms with Crippen LogP contribution in [-0.4, -0.2) is 33.2 Å². The zero-order valence-corrected chi connectivity index (χ0v) is 12.0. The molecule has 0 aliphatic rings. The van der Waals surface area contributed by atoms with E-state index in [4.69, 9.17) is 0 Å². The zero-order valence-electron chi connectivity index (χ0n) is 12.0. The maximum absolute atomic E-state index is 11.5. The van der Waals surface area contributed by atoms with Crippen molar-refractivity contribution in [2.75, 3.05) is 0 Å². The highest BCUT2D eigenvalue weighted by Gasteiger charge is 2.28. The SMILES string of the molecule is CCCc1cc(C(=O)O)c(C(=O)O)c(C(=O)O)c1CCC. The van der Waals surface area contributed by atoms with Crippen molar-refractivity contribution < 1.29 is 29.7 Å². The van der Waals surface area contributed by atoms with Gasteiger partial charge in [0, 0.05) is 0 Å². The van der Waals surface area contributed by atoms with Gasteiger partial charge in [-0.25, -0.2) is 14.4 Å². The van der Waals surface area contributed by atoms with Crippen molar-refractivity contribution in [2.24, 2.45) is 0 Å². The van der Waals surface area contributed by atoms with E-state index in [2.05, 4.69) is 0 Å².